The number of carbonyl (C=O) groups is 1. The summed E-state index contributed by atoms with van der Waals surface area (Å²) in [6, 6.07) is -0.479. The molecule has 4 nitrogen and oxygen atoms in total. The van der Waals surface area contributed by atoms with Gasteiger partial charge in [-0.15, -0.1) is 0 Å². The summed E-state index contributed by atoms with van der Waals surface area (Å²) in [5.41, 5.74) is 0. The van der Waals surface area contributed by atoms with E-state index < -0.39 is 12.0 Å². The van der Waals surface area contributed by atoms with Crippen LogP contribution in [-0.4, -0.2) is 20.6 Å². The van der Waals surface area contributed by atoms with Crippen molar-refractivity contribution in [1.82, 2.24) is 9.55 Å². The summed E-state index contributed by atoms with van der Waals surface area (Å²) in [6.07, 6.45) is 3.88. The Balaban J connectivity index is 2.94. The number of carboxylic acid groups (broad SMARTS) is 1. The number of aryl methyl sites for hydroxylation is 1. The molecule has 1 aromatic rings. The van der Waals surface area contributed by atoms with Gasteiger partial charge in [0.25, 0.3) is 0 Å². The average molecular weight is 168 g/mol. The second kappa shape index (κ2) is 3.38. The van der Waals surface area contributed by atoms with E-state index in [0.29, 0.717) is 6.42 Å². The first kappa shape index (κ1) is 8.77. The number of nitrogens with zero attached hydrogens (tertiary/aromatic N) is 2. The summed E-state index contributed by atoms with van der Waals surface area (Å²) in [7, 11) is 0. The lowest BCUT2D eigenvalue weighted by Gasteiger charge is -2.12. The van der Waals surface area contributed by atoms with Crippen LogP contribution < -0.4 is 0 Å². The van der Waals surface area contributed by atoms with Gasteiger partial charge >= 0.3 is 5.97 Å². The third-order valence-electron chi connectivity index (χ3n) is 1.87. The minimum atomic E-state index is -0.807. The van der Waals surface area contributed by atoms with E-state index >= 15 is 0 Å². The molecule has 0 radical (unpaired) electrons. The predicted octanol–water partition coefficient (Wildman–Crippen LogP) is 1.23. The van der Waals surface area contributed by atoms with Crippen LogP contribution in [0, 0.1) is 6.92 Å². The summed E-state index contributed by atoms with van der Waals surface area (Å²) in [6.45, 7) is 3.64. The highest BCUT2D eigenvalue weighted by atomic mass is 16.4. The smallest absolute Gasteiger partial charge is 0.326 e. The third-order valence-corrected chi connectivity index (χ3v) is 1.87. The van der Waals surface area contributed by atoms with Crippen molar-refractivity contribution >= 4 is 5.97 Å². The molecule has 0 aromatic carbocycles. The van der Waals surface area contributed by atoms with Gasteiger partial charge in [0.05, 0.1) is 0 Å². The summed E-state index contributed by atoms with van der Waals surface area (Å²) >= 11 is 0. The zero-order valence-corrected chi connectivity index (χ0v) is 7.19. The van der Waals surface area contributed by atoms with E-state index in [2.05, 4.69) is 4.98 Å². The van der Waals surface area contributed by atoms with E-state index in [1.807, 2.05) is 6.92 Å². The fourth-order valence-electron chi connectivity index (χ4n) is 1.21. The minimum absolute atomic E-state index is 0.479. The Kier molecular flexibility index (Phi) is 2.47. The van der Waals surface area contributed by atoms with Crippen LogP contribution in [0.15, 0.2) is 12.4 Å². The van der Waals surface area contributed by atoms with Crippen molar-refractivity contribution in [1.29, 1.82) is 0 Å². The van der Waals surface area contributed by atoms with Crippen LogP contribution in [0.4, 0.5) is 0 Å². The quantitative estimate of drug-likeness (QED) is 0.738. The van der Waals surface area contributed by atoms with Crippen molar-refractivity contribution in [2.24, 2.45) is 0 Å². The zero-order valence-electron chi connectivity index (χ0n) is 7.19. The summed E-state index contributed by atoms with van der Waals surface area (Å²) in [5.74, 6) is -0.0668. The summed E-state index contributed by atoms with van der Waals surface area (Å²) in [5, 5.41) is 8.82. The van der Waals surface area contributed by atoms with Crippen molar-refractivity contribution in [3.8, 4) is 0 Å². The standard InChI is InChI=1S/C8H12N2O2/c1-3-7(8(11)12)10-5-4-9-6(10)2/h4-5,7H,3H2,1-2H3,(H,11,12). The Morgan fingerprint density at radius 3 is 2.83 bits per heavy atom. The molecule has 4 heteroatoms. The molecule has 0 aliphatic heterocycles. The molecular weight excluding hydrogens is 156 g/mol. The topological polar surface area (TPSA) is 55.1 Å². The molecule has 0 saturated carbocycles. The average Bonchev–Trinajstić information content (AvgIpc) is 2.38. The molecule has 0 spiro atoms. The second-order valence-corrected chi connectivity index (χ2v) is 2.64. The Labute approximate surface area is 70.9 Å². The number of carboxylic acids is 1. The largest absolute Gasteiger partial charge is 0.480 e. The fraction of sp³-hybridized carbons (Fsp3) is 0.500. The normalized spacial score (nSPS) is 12.8. The molecule has 0 bridgehead atoms. The molecule has 0 fully saturated rings. The summed E-state index contributed by atoms with van der Waals surface area (Å²) in [4.78, 5) is 14.7. The molecule has 1 rings (SSSR count). The number of hydrogen-bond acceptors (Lipinski definition) is 2. The van der Waals surface area contributed by atoms with E-state index in [-0.39, 0.29) is 0 Å². The highest BCUT2D eigenvalue weighted by molar-refractivity contribution is 5.71. The van der Waals surface area contributed by atoms with Crippen LogP contribution in [0.5, 0.6) is 0 Å². The Bertz CT molecular complexity index is 280. The van der Waals surface area contributed by atoms with Crippen LogP contribution in [0.2, 0.25) is 0 Å². The molecular formula is C8H12N2O2. The fourth-order valence-corrected chi connectivity index (χ4v) is 1.21. The first-order valence-corrected chi connectivity index (χ1v) is 3.89. The van der Waals surface area contributed by atoms with Gasteiger partial charge in [0.15, 0.2) is 0 Å². The summed E-state index contributed by atoms with van der Waals surface area (Å²) < 4.78 is 1.67. The van der Waals surface area contributed by atoms with E-state index in [1.165, 1.54) is 0 Å². The Morgan fingerprint density at radius 2 is 2.50 bits per heavy atom. The molecule has 1 heterocycles. The molecule has 1 N–H and O–H groups in total. The number of aromatic nitrogens is 2. The SMILES string of the molecule is CCC(C(=O)O)n1ccnc1C. The van der Waals surface area contributed by atoms with Gasteiger partial charge in [0.2, 0.25) is 0 Å². The second-order valence-electron chi connectivity index (χ2n) is 2.64. The van der Waals surface area contributed by atoms with Crippen LogP contribution in [0.25, 0.3) is 0 Å². The van der Waals surface area contributed by atoms with E-state index in [0.717, 1.165) is 5.82 Å². The van der Waals surface area contributed by atoms with Gasteiger partial charge in [0.1, 0.15) is 11.9 Å². The highest BCUT2D eigenvalue weighted by Crippen LogP contribution is 2.12. The van der Waals surface area contributed by atoms with Gasteiger partial charge in [-0.1, -0.05) is 6.92 Å². The number of hydrogen-bond donors (Lipinski definition) is 1. The van der Waals surface area contributed by atoms with Crippen molar-refractivity contribution < 1.29 is 9.90 Å². The van der Waals surface area contributed by atoms with E-state index in [4.69, 9.17) is 5.11 Å². The van der Waals surface area contributed by atoms with Crippen LogP contribution in [0.3, 0.4) is 0 Å². The van der Waals surface area contributed by atoms with Gasteiger partial charge in [-0.25, -0.2) is 9.78 Å². The molecule has 12 heavy (non-hydrogen) atoms. The van der Waals surface area contributed by atoms with Crippen molar-refractivity contribution in [3.05, 3.63) is 18.2 Å². The lowest BCUT2D eigenvalue weighted by atomic mass is 10.2. The Hall–Kier alpha value is -1.32. The monoisotopic (exact) mass is 168 g/mol. The van der Waals surface area contributed by atoms with E-state index in [1.54, 1.807) is 23.9 Å². The van der Waals surface area contributed by atoms with Crippen molar-refractivity contribution in [2.75, 3.05) is 0 Å². The molecule has 1 atom stereocenters. The zero-order chi connectivity index (χ0) is 9.14. The molecule has 0 aliphatic rings. The highest BCUT2D eigenvalue weighted by Gasteiger charge is 2.17. The van der Waals surface area contributed by atoms with Crippen LogP contribution in [-0.2, 0) is 4.79 Å². The molecule has 1 unspecified atom stereocenters. The number of imidazole rings is 1. The lowest BCUT2D eigenvalue weighted by Crippen LogP contribution is -2.18. The number of rotatable bonds is 3. The maximum atomic E-state index is 10.7. The van der Waals surface area contributed by atoms with Gasteiger partial charge < -0.3 is 9.67 Å². The van der Waals surface area contributed by atoms with Gasteiger partial charge in [-0.2, -0.15) is 0 Å². The first-order chi connectivity index (χ1) is 5.66. The van der Waals surface area contributed by atoms with Crippen LogP contribution in [0.1, 0.15) is 25.2 Å². The molecule has 1 aromatic heterocycles. The molecule has 0 saturated heterocycles. The third kappa shape index (κ3) is 1.47. The first-order valence-electron chi connectivity index (χ1n) is 3.89. The van der Waals surface area contributed by atoms with Gasteiger partial charge in [0, 0.05) is 12.4 Å². The van der Waals surface area contributed by atoms with E-state index in [9.17, 15) is 4.79 Å². The molecule has 0 amide bonds. The van der Waals surface area contributed by atoms with Crippen LogP contribution >= 0.6 is 0 Å². The van der Waals surface area contributed by atoms with Gasteiger partial charge in [-0.3, -0.25) is 0 Å². The Morgan fingerprint density at radius 1 is 1.83 bits per heavy atom. The van der Waals surface area contributed by atoms with Crippen molar-refractivity contribution in [3.63, 3.8) is 0 Å². The number of aliphatic carboxylic acids is 1. The minimum Gasteiger partial charge on any atom is -0.480 e. The predicted molar refractivity (Wildman–Crippen MR) is 43.9 cm³/mol. The molecule has 0 aliphatic carbocycles. The maximum Gasteiger partial charge on any atom is 0.326 e. The maximum absolute atomic E-state index is 10.7. The van der Waals surface area contributed by atoms with Gasteiger partial charge in [-0.05, 0) is 13.3 Å². The lowest BCUT2D eigenvalue weighted by molar-refractivity contribution is -0.141. The van der Waals surface area contributed by atoms with Crippen molar-refractivity contribution in [2.45, 2.75) is 26.3 Å². The molecule has 66 valence electrons.